The molecule has 0 atom stereocenters. The summed E-state index contributed by atoms with van der Waals surface area (Å²) in [5.74, 6) is 5.05. The average Bonchev–Trinajstić information content (AvgIpc) is 2.72. The van der Waals surface area contributed by atoms with Crippen molar-refractivity contribution in [3.8, 4) is 0 Å². The molecule has 4 heteroatoms. The maximum Gasteiger partial charge on any atom is 0.251 e. The lowest BCUT2D eigenvalue weighted by Gasteiger charge is -2.56. The Hall–Kier alpha value is -1.84. The highest BCUT2D eigenvalue weighted by atomic mass is 16.2. The molecule has 32 heavy (non-hydrogen) atoms. The number of hydrogen-bond donors (Lipinski definition) is 2. The third-order valence-corrected chi connectivity index (χ3v) is 10.3. The van der Waals surface area contributed by atoms with Crippen LogP contribution in [0.3, 0.4) is 0 Å². The Morgan fingerprint density at radius 1 is 0.656 bits per heavy atom. The highest BCUT2D eigenvalue weighted by Gasteiger charge is 2.55. The number of amides is 2. The van der Waals surface area contributed by atoms with Crippen LogP contribution >= 0.6 is 0 Å². The fraction of sp³-hybridized carbons (Fsp3) is 0.714. The second-order valence-electron chi connectivity index (χ2n) is 12.9. The van der Waals surface area contributed by atoms with Gasteiger partial charge in [0.05, 0.1) is 5.41 Å². The molecule has 8 aliphatic carbocycles. The van der Waals surface area contributed by atoms with Gasteiger partial charge in [0.1, 0.15) is 0 Å². The first-order valence-corrected chi connectivity index (χ1v) is 13.2. The van der Waals surface area contributed by atoms with Gasteiger partial charge in [-0.2, -0.15) is 0 Å². The third kappa shape index (κ3) is 3.15. The van der Waals surface area contributed by atoms with Gasteiger partial charge in [-0.15, -0.1) is 0 Å². The smallest absolute Gasteiger partial charge is 0.251 e. The van der Waals surface area contributed by atoms with E-state index in [1.165, 1.54) is 57.8 Å². The van der Waals surface area contributed by atoms with Crippen molar-refractivity contribution in [2.24, 2.45) is 40.9 Å². The van der Waals surface area contributed by atoms with Gasteiger partial charge < -0.3 is 10.6 Å². The van der Waals surface area contributed by atoms with Gasteiger partial charge in [0.25, 0.3) is 5.91 Å². The second kappa shape index (κ2) is 6.84. The third-order valence-electron chi connectivity index (χ3n) is 10.3. The van der Waals surface area contributed by atoms with Crippen LogP contribution < -0.4 is 10.6 Å². The Morgan fingerprint density at radius 2 is 1.09 bits per heavy atom. The van der Waals surface area contributed by atoms with Crippen LogP contribution in [0.4, 0.5) is 5.69 Å². The molecule has 0 saturated heterocycles. The van der Waals surface area contributed by atoms with Gasteiger partial charge in [0.15, 0.2) is 0 Å². The number of nitrogens with one attached hydrogen (secondary N) is 2. The van der Waals surface area contributed by atoms with E-state index in [0.717, 1.165) is 60.5 Å². The number of anilines is 1. The lowest BCUT2D eigenvalue weighted by molar-refractivity contribution is -0.140. The van der Waals surface area contributed by atoms with Crippen molar-refractivity contribution < 1.29 is 9.59 Å². The Morgan fingerprint density at radius 3 is 1.56 bits per heavy atom. The van der Waals surface area contributed by atoms with Crippen LogP contribution in [0, 0.1) is 40.9 Å². The minimum Gasteiger partial charge on any atom is -0.347 e. The molecule has 8 fully saturated rings. The molecule has 0 spiro atoms. The first kappa shape index (κ1) is 19.6. The minimum atomic E-state index is -0.136. The molecular weight excluding hydrogens is 396 g/mol. The Kier molecular flexibility index (Phi) is 4.19. The summed E-state index contributed by atoms with van der Waals surface area (Å²) in [6.07, 6.45) is 14.9. The molecule has 1 aromatic rings. The Balaban J connectivity index is 1.02. The van der Waals surface area contributed by atoms with Gasteiger partial charge >= 0.3 is 0 Å². The van der Waals surface area contributed by atoms with Crippen LogP contribution in [0.15, 0.2) is 24.3 Å². The SMILES string of the molecule is O=C(NC12CC3CC(CC(C3)C1)C2)c1ccc(NC(=O)C23CC4CC(CC(C4)C2)C3)cc1. The van der Waals surface area contributed by atoms with E-state index in [-0.39, 0.29) is 22.8 Å². The molecule has 170 valence electrons. The van der Waals surface area contributed by atoms with Crippen LogP contribution in [0.2, 0.25) is 0 Å². The first-order chi connectivity index (χ1) is 15.5. The number of benzene rings is 1. The fourth-order valence-corrected chi connectivity index (χ4v) is 9.93. The van der Waals surface area contributed by atoms with Gasteiger partial charge in [-0.05, 0) is 137 Å². The van der Waals surface area contributed by atoms with Crippen molar-refractivity contribution in [2.75, 3.05) is 5.32 Å². The van der Waals surface area contributed by atoms with Crippen molar-refractivity contribution in [1.29, 1.82) is 0 Å². The molecule has 0 heterocycles. The van der Waals surface area contributed by atoms with Gasteiger partial charge in [0.2, 0.25) is 5.91 Å². The molecule has 8 saturated carbocycles. The zero-order valence-electron chi connectivity index (χ0n) is 19.1. The highest BCUT2D eigenvalue weighted by Crippen LogP contribution is 2.60. The lowest BCUT2D eigenvalue weighted by atomic mass is 9.49. The summed E-state index contributed by atoms with van der Waals surface area (Å²) < 4.78 is 0. The standard InChI is InChI=1S/C28H36N2O2/c31-25(30-28-14-20-8-21(15-28)10-22(9-20)16-28)23-1-3-24(4-2-23)29-26(32)27-11-17-5-18(12-27)7-19(6-17)13-27/h1-4,17-22H,5-16H2,(H,29,32)(H,30,31). The van der Waals surface area contributed by atoms with Crippen molar-refractivity contribution >= 4 is 17.5 Å². The van der Waals surface area contributed by atoms with E-state index < -0.39 is 0 Å². The summed E-state index contributed by atoms with van der Waals surface area (Å²) in [6, 6.07) is 7.64. The molecule has 8 bridgehead atoms. The average molecular weight is 433 g/mol. The number of carbonyl (C=O) groups is 2. The van der Waals surface area contributed by atoms with E-state index in [1.54, 1.807) is 0 Å². The molecule has 1 aromatic carbocycles. The summed E-state index contributed by atoms with van der Waals surface area (Å²) in [6.45, 7) is 0. The molecule has 0 aliphatic heterocycles. The van der Waals surface area contributed by atoms with E-state index >= 15 is 0 Å². The van der Waals surface area contributed by atoms with E-state index in [2.05, 4.69) is 10.6 Å². The van der Waals surface area contributed by atoms with Crippen molar-refractivity contribution in [1.82, 2.24) is 5.32 Å². The van der Waals surface area contributed by atoms with Gasteiger partial charge in [-0.25, -0.2) is 0 Å². The summed E-state index contributed by atoms with van der Waals surface area (Å²) >= 11 is 0. The zero-order valence-corrected chi connectivity index (χ0v) is 19.1. The fourth-order valence-electron chi connectivity index (χ4n) is 9.93. The zero-order chi connectivity index (χ0) is 21.5. The molecule has 2 N–H and O–H groups in total. The number of carbonyl (C=O) groups excluding carboxylic acids is 2. The number of hydrogen-bond acceptors (Lipinski definition) is 2. The quantitative estimate of drug-likeness (QED) is 0.656. The largest absolute Gasteiger partial charge is 0.347 e. The van der Waals surface area contributed by atoms with Gasteiger partial charge in [-0.1, -0.05) is 0 Å². The van der Waals surface area contributed by atoms with Crippen molar-refractivity contribution in [3.05, 3.63) is 29.8 Å². The van der Waals surface area contributed by atoms with E-state index in [9.17, 15) is 9.59 Å². The predicted molar refractivity (Wildman–Crippen MR) is 124 cm³/mol. The molecule has 0 aromatic heterocycles. The Bertz CT molecular complexity index is 878. The molecule has 0 radical (unpaired) electrons. The summed E-state index contributed by atoms with van der Waals surface area (Å²) in [5.41, 5.74) is 1.45. The molecular formula is C28H36N2O2. The van der Waals surface area contributed by atoms with Crippen LogP contribution in [0.1, 0.15) is 87.4 Å². The predicted octanol–water partition coefficient (Wildman–Crippen LogP) is 5.54. The first-order valence-electron chi connectivity index (χ1n) is 13.2. The molecule has 2 amide bonds. The van der Waals surface area contributed by atoms with Crippen molar-refractivity contribution in [3.63, 3.8) is 0 Å². The van der Waals surface area contributed by atoms with Crippen molar-refractivity contribution in [2.45, 2.75) is 82.6 Å². The number of rotatable bonds is 4. The van der Waals surface area contributed by atoms with E-state index in [1.807, 2.05) is 24.3 Å². The summed E-state index contributed by atoms with van der Waals surface area (Å²) in [4.78, 5) is 26.4. The molecule has 9 rings (SSSR count). The molecule has 0 unspecified atom stereocenters. The van der Waals surface area contributed by atoms with Gasteiger partial charge in [-0.3, -0.25) is 9.59 Å². The van der Waals surface area contributed by atoms with Crippen LogP contribution in [-0.4, -0.2) is 17.4 Å². The van der Waals surface area contributed by atoms with Crippen LogP contribution in [-0.2, 0) is 4.79 Å². The maximum absolute atomic E-state index is 13.3. The monoisotopic (exact) mass is 432 g/mol. The second-order valence-corrected chi connectivity index (χ2v) is 12.9. The summed E-state index contributed by atoms with van der Waals surface area (Å²) in [7, 11) is 0. The highest BCUT2D eigenvalue weighted by molar-refractivity contribution is 5.98. The maximum atomic E-state index is 13.3. The summed E-state index contributed by atoms with van der Waals surface area (Å²) in [5, 5.41) is 6.68. The van der Waals surface area contributed by atoms with E-state index in [0.29, 0.717) is 5.56 Å². The molecule has 4 nitrogen and oxygen atoms in total. The van der Waals surface area contributed by atoms with E-state index in [4.69, 9.17) is 0 Å². The Labute approximate surface area is 191 Å². The topological polar surface area (TPSA) is 58.2 Å². The molecule has 8 aliphatic rings. The van der Waals surface area contributed by atoms with Gasteiger partial charge in [0, 0.05) is 16.8 Å². The van der Waals surface area contributed by atoms with Crippen LogP contribution in [0.5, 0.6) is 0 Å². The lowest BCUT2D eigenvalue weighted by Crippen LogP contribution is -2.59. The van der Waals surface area contributed by atoms with Crippen LogP contribution in [0.25, 0.3) is 0 Å². The normalized spacial score (nSPS) is 45.1. The minimum absolute atomic E-state index is 0.0389.